The third-order valence-electron chi connectivity index (χ3n) is 4.16. The van der Waals surface area contributed by atoms with Crippen molar-refractivity contribution in [2.45, 2.75) is 37.6 Å². The Morgan fingerprint density at radius 3 is 2.71 bits per heavy atom. The maximum absolute atomic E-state index is 13.1. The predicted molar refractivity (Wildman–Crippen MR) is 84.9 cm³/mol. The van der Waals surface area contributed by atoms with E-state index < -0.39 is 21.0 Å². The number of aryl methyl sites for hydroxylation is 2. The molecule has 1 saturated heterocycles. The van der Waals surface area contributed by atoms with E-state index in [1.54, 1.807) is 19.9 Å². The molecule has 8 nitrogen and oxygen atoms in total. The molecular weight excluding hydrogens is 334 g/mol. The van der Waals surface area contributed by atoms with Crippen LogP contribution in [0.1, 0.15) is 35.9 Å². The summed E-state index contributed by atoms with van der Waals surface area (Å²) in [5.74, 6) is 0.612. The van der Waals surface area contributed by atoms with Crippen molar-refractivity contribution in [3.63, 3.8) is 0 Å². The van der Waals surface area contributed by atoms with Crippen molar-refractivity contribution in [2.24, 2.45) is 0 Å². The van der Waals surface area contributed by atoms with Crippen LogP contribution in [0.3, 0.4) is 0 Å². The van der Waals surface area contributed by atoms with Gasteiger partial charge in [0.1, 0.15) is 11.5 Å². The molecule has 0 saturated carbocycles. The summed E-state index contributed by atoms with van der Waals surface area (Å²) in [6.07, 6.45) is 1.34. The van der Waals surface area contributed by atoms with Crippen molar-refractivity contribution in [1.82, 2.24) is 9.46 Å². The number of sulfonamides is 1. The van der Waals surface area contributed by atoms with Crippen molar-refractivity contribution < 1.29 is 17.9 Å². The van der Waals surface area contributed by atoms with E-state index in [1.807, 2.05) is 0 Å². The number of nitro benzene ring substituents is 1. The van der Waals surface area contributed by atoms with Gasteiger partial charge in [-0.1, -0.05) is 11.2 Å². The van der Waals surface area contributed by atoms with Gasteiger partial charge >= 0.3 is 0 Å². The molecule has 9 heteroatoms. The lowest BCUT2D eigenvalue weighted by Gasteiger charge is -2.23. The third kappa shape index (κ3) is 2.80. The second-order valence-electron chi connectivity index (χ2n) is 5.84. The lowest BCUT2D eigenvalue weighted by molar-refractivity contribution is -0.385. The lowest BCUT2D eigenvalue weighted by atomic mass is 10.1. The summed E-state index contributed by atoms with van der Waals surface area (Å²) in [6.45, 7) is 3.72. The fourth-order valence-electron chi connectivity index (χ4n) is 2.97. The Hall–Kier alpha value is -2.26. The first-order valence-corrected chi connectivity index (χ1v) is 8.95. The number of nitro groups is 1. The van der Waals surface area contributed by atoms with Gasteiger partial charge in [-0.25, -0.2) is 8.42 Å². The van der Waals surface area contributed by atoms with E-state index >= 15 is 0 Å². The standard InChI is InChI=1S/C15H17N3O5S/c1-10-5-6-12(18(19)20)9-15(10)24(21,22)17-7-3-4-14(17)13-8-11(2)23-16-13/h5-6,8-9,14H,3-4,7H2,1-2H3/t14-/m0/s1. The topological polar surface area (TPSA) is 107 Å². The molecule has 1 aliphatic rings. The van der Waals surface area contributed by atoms with Crippen molar-refractivity contribution in [3.05, 3.63) is 51.4 Å². The number of nitrogens with zero attached hydrogens (tertiary/aromatic N) is 3. The van der Waals surface area contributed by atoms with Crippen molar-refractivity contribution in [2.75, 3.05) is 6.54 Å². The van der Waals surface area contributed by atoms with Crippen LogP contribution >= 0.6 is 0 Å². The molecule has 0 spiro atoms. The van der Waals surface area contributed by atoms with E-state index in [-0.39, 0.29) is 10.6 Å². The number of non-ortho nitro benzene ring substituents is 1. The molecule has 1 aromatic heterocycles. The molecule has 24 heavy (non-hydrogen) atoms. The van der Waals surface area contributed by atoms with Gasteiger partial charge in [-0.3, -0.25) is 10.1 Å². The van der Waals surface area contributed by atoms with Gasteiger partial charge in [0.15, 0.2) is 0 Å². The van der Waals surface area contributed by atoms with Gasteiger partial charge in [0.25, 0.3) is 5.69 Å². The molecule has 0 N–H and O–H groups in total. The van der Waals surface area contributed by atoms with Gasteiger partial charge in [0.2, 0.25) is 10.0 Å². The minimum absolute atomic E-state index is 0.0381. The van der Waals surface area contributed by atoms with E-state index in [0.29, 0.717) is 36.4 Å². The maximum Gasteiger partial charge on any atom is 0.270 e. The first kappa shape index (κ1) is 16.6. The average molecular weight is 351 g/mol. The van der Waals surface area contributed by atoms with E-state index in [0.717, 1.165) is 6.07 Å². The Labute approximate surface area is 139 Å². The second-order valence-corrected chi connectivity index (χ2v) is 7.70. The SMILES string of the molecule is Cc1cc([C@@H]2CCCN2S(=O)(=O)c2cc([N+](=O)[O-])ccc2C)no1. The number of hydrogen-bond donors (Lipinski definition) is 0. The Morgan fingerprint density at radius 2 is 2.08 bits per heavy atom. The maximum atomic E-state index is 13.1. The lowest BCUT2D eigenvalue weighted by Crippen LogP contribution is -2.31. The molecular formula is C15H17N3O5S. The smallest absolute Gasteiger partial charge is 0.270 e. The average Bonchev–Trinajstić information content (AvgIpc) is 3.15. The highest BCUT2D eigenvalue weighted by molar-refractivity contribution is 7.89. The molecule has 0 bridgehead atoms. The van der Waals surface area contributed by atoms with E-state index in [9.17, 15) is 18.5 Å². The van der Waals surface area contributed by atoms with Gasteiger partial charge in [-0.15, -0.1) is 0 Å². The number of benzene rings is 1. The Kier molecular flexibility index (Phi) is 4.14. The molecule has 0 amide bonds. The quantitative estimate of drug-likeness (QED) is 0.619. The van der Waals surface area contributed by atoms with Crippen LogP contribution in [-0.2, 0) is 10.0 Å². The predicted octanol–water partition coefficient (Wildman–Crippen LogP) is 2.73. The molecule has 2 aromatic rings. The summed E-state index contributed by atoms with van der Waals surface area (Å²) >= 11 is 0. The molecule has 1 fully saturated rings. The summed E-state index contributed by atoms with van der Waals surface area (Å²) in [6, 6.07) is 5.19. The number of hydrogen-bond acceptors (Lipinski definition) is 6. The normalized spacial score (nSPS) is 18.8. The van der Waals surface area contributed by atoms with E-state index in [1.165, 1.54) is 16.4 Å². The summed E-state index contributed by atoms with van der Waals surface area (Å²) < 4.78 is 32.5. The summed E-state index contributed by atoms with van der Waals surface area (Å²) in [4.78, 5) is 10.3. The van der Waals surface area contributed by atoms with Crippen LogP contribution in [0.4, 0.5) is 5.69 Å². The van der Waals surface area contributed by atoms with Crippen LogP contribution in [0.15, 0.2) is 33.7 Å². The Bertz CT molecular complexity index is 890. The van der Waals surface area contributed by atoms with Crippen molar-refractivity contribution in [3.8, 4) is 0 Å². The zero-order valence-electron chi connectivity index (χ0n) is 13.3. The Morgan fingerprint density at radius 1 is 1.33 bits per heavy atom. The summed E-state index contributed by atoms with van der Waals surface area (Å²) in [7, 11) is -3.87. The molecule has 1 atom stereocenters. The molecule has 3 rings (SSSR count). The highest BCUT2D eigenvalue weighted by Crippen LogP contribution is 2.37. The molecule has 2 heterocycles. The Balaban J connectivity index is 2.04. The highest BCUT2D eigenvalue weighted by atomic mass is 32.2. The number of aromatic nitrogens is 1. The zero-order valence-corrected chi connectivity index (χ0v) is 14.1. The largest absolute Gasteiger partial charge is 0.361 e. The molecule has 0 aliphatic carbocycles. The first-order valence-electron chi connectivity index (χ1n) is 7.51. The molecule has 1 aromatic carbocycles. The number of rotatable bonds is 4. The third-order valence-corrected chi connectivity index (χ3v) is 6.21. The highest BCUT2D eigenvalue weighted by Gasteiger charge is 2.38. The van der Waals surface area contributed by atoms with Crippen LogP contribution in [0.5, 0.6) is 0 Å². The second kappa shape index (κ2) is 5.99. The molecule has 128 valence electrons. The van der Waals surface area contributed by atoms with Crippen LogP contribution in [0.25, 0.3) is 0 Å². The minimum Gasteiger partial charge on any atom is -0.361 e. The van der Waals surface area contributed by atoms with Gasteiger partial charge < -0.3 is 4.52 Å². The van der Waals surface area contributed by atoms with E-state index in [4.69, 9.17) is 4.52 Å². The van der Waals surface area contributed by atoms with Gasteiger partial charge in [-0.05, 0) is 32.3 Å². The molecule has 1 aliphatic heterocycles. The molecule has 0 unspecified atom stereocenters. The van der Waals surface area contributed by atoms with Crippen molar-refractivity contribution in [1.29, 1.82) is 0 Å². The van der Waals surface area contributed by atoms with Gasteiger partial charge in [0, 0.05) is 24.7 Å². The van der Waals surface area contributed by atoms with Crippen LogP contribution in [0.2, 0.25) is 0 Å². The van der Waals surface area contributed by atoms with E-state index in [2.05, 4.69) is 5.16 Å². The summed E-state index contributed by atoms with van der Waals surface area (Å²) in [5.41, 5.74) is 0.798. The minimum atomic E-state index is -3.87. The monoisotopic (exact) mass is 351 g/mol. The van der Waals surface area contributed by atoms with Crippen LogP contribution in [0, 0.1) is 24.0 Å². The summed E-state index contributed by atoms with van der Waals surface area (Å²) in [5, 5.41) is 14.9. The molecule has 0 radical (unpaired) electrons. The van der Waals surface area contributed by atoms with Gasteiger partial charge in [-0.2, -0.15) is 4.31 Å². The fraction of sp³-hybridized carbons (Fsp3) is 0.400. The van der Waals surface area contributed by atoms with Crippen LogP contribution < -0.4 is 0 Å². The van der Waals surface area contributed by atoms with Gasteiger partial charge in [0.05, 0.1) is 15.9 Å². The zero-order chi connectivity index (χ0) is 17.5. The van der Waals surface area contributed by atoms with Crippen LogP contribution in [-0.4, -0.2) is 29.3 Å². The fourth-order valence-corrected chi connectivity index (χ4v) is 4.89. The van der Waals surface area contributed by atoms with Crippen molar-refractivity contribution >= 4 is 15.7 Å². The first-order chi connectivity index (χ1) is 11.3.